The highest BCUT2D eigenvalue weighted by Gasteiger charge is 2.31. The number of hydrogen-bond donors (Lipinski definition) is 0. The first-order valence-corrected chi connectivity index (χ1v) is 9.54. The molecule has 0 amide bonds. The van der Waals surface area contributed by atoms with Crippen LogP contribution in [0, 0.1) is 24.6 Å². The molecule has 1 unspecified atom stereocenters. The van der Waals surface area contributed by atoms with Crippen LogP contribution >= 0.6 is 0 Å². The van der Waals surface area contributed by atoms with E-state index in [-0.39, 0.29) is 11.2 Å². The Balaban J connectivity index is 0.00000117. The lowest BCUT2D eigenvalue weighted by Gasteiger charge is -2.36. The summed E-state index contributed by atoms with van der Waals surface area (Å²) < 4.78 is 13.6. The van der Waals surface area contributed by atoms with Crippen LogP contribution in [0.3, 0.4) is 0 Å². The molecule has 1 heteroatoms. The van der Waals surface area contributed by atoms with Gasteiger partial charge in [-0.1, -0.05) is 58.2 Å². The smallest absolute Gasteiger partial charge is 0.127 e. The zero-order valence-corrected chi connectivity index (χ0v) is 16.7. The molecule has 0 N–H and O–H groups in total. The maximum atomic E-state index is 13.6. The number of halogens is 1. The van der Waals surface area contributed by atoms with Gasteiger partial charge in [-0.25, -0.2) is 4.39 Å². The molecule has 0 radical (unpaired) electrons. The van der Waals surface area contributed by atoms with E-state index < -0.39 is 0 Å². The minimum Gasteiger partial charge on any atom is -0.207 e. The number of benzene rings is 2. The third kappa shape index (κ3) is 4.07. The Hall–Kier alpha value is -2.33. The highest BCUT2D eigenvalue weighted by molar-refractivity contribution is 5.71. The average Bonchev–Trinajstić information content (AvgIpc) is 2.67. The van der Waals surface area contributed by atoms with E-state index in [4.69, 9.17) is 0 Å². The fourth-order valence-electron chi connectivity index (χ4n) is 3.31. The Labute approximate surface area is 158 Å². The zero-order valence-electron chi connectivity index (χ0n) is 16.7. The third-order valence-electron chi connectivity index (χ3n) is 5.33. The lowest BCUT2D eigenvalue weighted by atomic mass is 9.68. The molecule has 2 aromatic rings. The molecule has 1 aliphatic rings. The van der Waals surface area contributed by atoms with Crippen molar-refractivity contribution in [2.24, 2.45) is 0 Å². The van der Waals surface area contributed by atoms with E-state index in [1.54, 1.807) is 13.0 Å². The van der Waals surface area contributed by atoms with Gasteiger partial charge in [0.15, 0.2) is 0 Å². The van der Waals surface area contributed by atoms with Gasteiger partial charge in [0, 0.05) is 11.1 Å². The summed E-state index contributed by atoms with van der Waals surface area (Å²) in [6.07, 6.45) is 3.30. The van der Waals surface area contributed by atoms with E-state index in [0.29, 0.717) is 11.1 Å². The quantitative estimate of drug-likeness (QED) is 0.485. The van der Waals surface area contributed by atoms with Gasteiger partial charge in [0.2, 0.25) is 0 Å². The van der Waals surface area contributed by atoms with E-state index in [1.807, 2.05) is 26.0 Å². The summed E-state index contributed by atoms with van der Waals surface area (Å²) in [6.45, 7) is 14.5. The van der Waals surface area contributed by atoms with Gasteiger partial charge in [0.25, 0.3) is 0 Å². The molecule has 0 bridgehead atoms. The molecule has 0 heterocycles. The van der Waals surface area contributed by atoms with Gasteiger partial charge in [0.1, 0.15) is 5.82 Å². The Morgan fingerprint density at radius 3 is 2.31 bits per heavy atom. The molecule has 136 valence electrons. The van der Waals surface area contributed by atoms with Crippen molar-refractivity contribution in [3.8, 4) is 11.8 Å². The molecule has 0 saturated carbocycles. The van der Waals surface area contributed by atoms with Gasteiger partial charge in [-0.15, -0.1) is 0 Å². The number of aryl methyl sites for hydroxylation is 1. The van der Waals surface area contributed by atoms with E-state index in [2.05, 4.69) is 44.4 Å². The van der Waals surface area contributed by atoms with Crippen molar-refractivity contribution in [1.29, 1.82) is 0 Å². The van der Waals surface area contributed by atoms with Crippen LogP contribution < -0.4 is 0 Å². The summed E-state index contributed by atoms with van der Waals surface area (Å²) in [4.78, 5) is 0. The Morgan fingerprint density at radius 2 is 1.69 bits per heavy atom. The maximum absolute atomic E-state index is 13.6. The van der Waals surface area contributed by atoms with Gasteiger partial charge in [-0.2, -0.15) is 0 Å². The van der Waals surface area contributed by atoms with E-state index in [1.165, 1.54) is 22.8 Å². The molecule has 26 heavy (non-hydrogen) atoms. The van der Waals surface area contributed by atoms with E-state index >= 15 is 0 Å². The fourth-order valence-corrected chi connectivity index (χ4v) is 3.31. The summed E-state index contributed by atoms with van der Waals surface area (Å²) in [5, 5.41) is 0. The second-order valence-corrected chi connectivity index (χ2v) is 6.99. The first-order chi connectivity index (χ1) is 12.4. The van der Waals surface area contributed by atoms with Crippen molar-refractivity contribution in [2.45, 2.75) is 59.3 Å². The minimum atomic E-state index is -0.206. The normalized spacial score (nSPS) is 18.2. The Morgan fingerprint density at radius 1 is 1.08 bits per heavy atom. The molecule has 0 nitrogen and oxygen atoms in total. The Bertz CT molecular complexity index is 863. The van der Waals surface area contributed by atoms with Crippen molar-refractivity contribution < 1.29 is 4.39 Å². The number of fused-ring (bicyclic) bond motifs is 1. The van der Waals surface area contributed by atoms with Crippen LogP contribution in [0.2, 0.25) is 0 Å². The van der Waals surface area contributed by atoms with Crippen LogP contribution in [0.25, 0.3) is 5.57 Å². The second-order valence-electron chi connectivity index (χ2n) is 6.99. The van der Waals surface area contributed by atoms with Gasteiger partial charge < -0.3 is 0 Å². The van der Waals surface area contributed by atoms with Crippen LogP contribution in [0.5, 0.6) is 0 Å². The van der Waals surface area contributed by atoms with Crippen LogP contribution in [0.4, 0.5) is 4.39 Å². The molecule has 1 atom stereocenters. The summed E-state index contributed by atoms with van der Waals surface area (Å²) in [6, 6.07) is 11.5. The van der Waals surface area contributed by atoms with Gasteiger partial charge >= 0.3 is 0 Å². The van der Waals surface area contributed by atoms with Crippen LogP contribution in [0.15, 0.2) is 43.0 Å². The second kappa shape index (κ2) is 8.37. The van der Waals surface area contributed by atoms with Gasteiger partial charge in [-0.05, 0) is 78.1 Å². The van der Waals surface area contributed by atoms with Crippen molar-refractivity contribution in [2.75, 3.05) is 0 Å². The minimum absolute atomic E-state index is 0.185. The van der Waals surface area contributed by atoms with Gasteiger partial charge in [-0.3, -0.25) is 0 Å². The molecule has 2 aromatic carbocycles. The first-order valence-electron chi connectivity index (χ1n) is 9.54. The summed E-state index contributed by atoms with van der Waals surface area (Å²) in [7, 11) is 0. The molecular weight excluding hydrogens is 319 g/mol. The number of rotatable bonds is 1. The molecule has 3 rings (SSSR count). The molecule has 1 aliphatic carbocycles. The van der Waals surface area contributed by atoms with E-state index in [9.17, 15) is 4.39 Å². The summed E-state index contributed by atoms with van der Waals surface area (Å²) >= 11 is 0. The number of allylic oxidation sites excluding steroid dienone is 1. The highest BCUT2D eigenvalue weighted by Crippen LogP contribution is 2.43. The van der Waals surface area contributed by atoms with Crippen molar-refractivity contribution in [3.05, 3.63) is 76.6 Å². The zero-order chi connectivity index (χ0) is 19.3. The van der Waals surface area contributed by atoms with Crippen molar-refractivity contribution in [1.82, 2.24) is 0 Å². The summed E-state index contributed by atoms with van der Waals surface area (Å²) in [5.74, 6) is 6.06. The van der Waals surface area contributed by atoms with Crippen LogP contribution in [0.1, 0.15) is 74.8 Å². The van der Waals surface area contributed by atoms with Crippen LogP contribution in [-0.2, 0) is 5.41 Å². The molecule has 0 spiro atoms. The maximum Gasteiger partial charge on any atom is 0.127 e. The molecule has 0 fully saturated rings. The highest BCUT2D eigenvalue weighted by atomic mass is 19.1. The Kier molecular flexibility index (Phi) is 6.43. The topological polar surface area (TPSA) is 0 Å². The van der Waals surface area contributed by atoms with Crippen LogP contribution in [-0.4, -0.2) is 0 Å². The standard InChI is InChI=1S/C23H23F.C2H6/c1-5-23(4)13-12-16(2)20-11-10-18(14-21(20)23)8-9-19-7-6-17(3)22(24)15-19;1-2/h6-7,10-11,14-15H,2,5,12-13H2,1,3-4H3;1-2H3. The largest absolute Gasteiger partial charge is 0.207 e. The fraction of sp³-hybridized carbons (Fsp3) is 0.360. The third-order valence-corrected chi connectivity index (χ3v) is 5.33. The summed E-state index contributed by atoms with van der Waals surface area (Å²) in [5.41, 5.74) is 6.36. The predicted molar refractivity (Wildman–Crippen MR) is 111 cm³/mol. The lowest BCUT2D eigenvalue weighted by Crippen LogP contribution is -2.26. The molecular formula is C25H29F. The van der Waals surface area contributed by atoms with Gasteiger partial charge in [0.05, 0.1) is 0 Å². The SMILES string of the molecule is C=C1CCC(C)(CC)c2cc(C#Cc3ccc(C)c(F)c3)ccc21.CC. The monoisotopic (exact) mass is 348 g/mol. The predicted octanol–water partition coefficient (Wildman–Crippen LogP) is 7.03. The number of hydrogen-bond acceptors (Lipinski definition) is 0. The van der Waals surface area contributed by atoms with Crippen molar-refractivity contribution >= 4 is 5.57 Å². The molecule has 0 saturated heterocycles. The van der Waals surface area contributed by atoms with E-state index in [0.717, 1.165) is 24.8 Å². The average molecular weight is 349 g/mol. The van der Waals surface area contributed by atoms with Crippen molar-refractivity contribution in [3.63, 3.8) is 0 Å². The molecule has 0 aliphatic heterocycles. The molecule has 0 aromatic heterocycles. The first kappa shape index (κ1) is 20.0. The lowest BCUT2D eigenvalue weighted by molar-refractivity contribution is 0.414.